The van der Waals surface area contributed by atoms with E-state index in [0.717, 1.165) is 37.2 Å². The molecule has 2 aromatic rings. The van der Waals surface area contributed by atoms with E-state index < -0.39 is 0 Å². The number of aromatic nitrogens is 2. The van der Waals surface area contributed by atoms with E-state index in [1.807, 2.05) is 56.7 Å². The minimum Gasteiger partial charge on any atom is -0.367 e. The van der Waals surface area contributed by atoms with E-state index >= 15 is 0 Å². The van der Waals surface area contributed by atoms with Crippen LogP contribution in [0.3, 0.4) is 0 Å². The number of halogens is 2. The third kappa shape index (κ3) is 5.86. The number of hydrogen-bond donors (Lipinski definition) is 2. The van der Waals surface area contributed by atoms with Crippen LogP contribution in [0.5, 0.6) is 0 Å². The first kappa shape index (κ1) is 23.3. The SMILES string of the molecule is CC(C(=O)NC1CCCN(c2cnn(C)c2)C1)C(N)c1ccccc1.Cl.Cl. The van der Waals surface area contributed by atoms with Gasteiger partial charge < -0.3 is 16.0 Å². The predicted octanol–water partition coefficient (Wildman–Crippen LogP) is 2.68. The van der Waals surface area contributed by atoms with Gasteiger partial charge in [0.1, 0.15) is 0 Å². The lowest BCUT2D eigenvalue weighted by atomic mass is 9.94. The summed E-state index contributed by atoms with van der Waals surface area (Å²) in [6.45, 7) is 3.70. The van der Waals surface area contributed by atoms with Gasteiger partial charge in [-0.05, 0) is 18.4 Å². The molecule has 1 fully saturated rings. The normalized spacial score (nSPS) is 18.6. The van der Waals surface area contributed by atoms with Gasteiger partial charge in [-0.25, -0.2) is 0 Å². The predicted molar refractivity (Wildman–Crippen MR) is 114 cm³/mol. The molecule has 3 N–H and O–H groups in total. The lowest BCUT2D eigenvalue weighted by molar-refractivity contribution is -0.125. The maximum Gasteiger partial charge on any atom is 0.225 e. The van der Waals surface area contributed by atoms with Gasteiger partial charge in [-0.2, -0.15) is 5.10 Å². The highest BCUT2D eigenvalue weighted by molar-refractivity contribution is 5.85. The number of aryl methyl sites for hydroxylation is 1. The highest BCUT2D eigenvalue weighted by Crippen LogP contribution is 2.22. The largest absolute Gasteiger partial charge is 0.367 e. The molecule has 8 heteroatoms. The van der Waals surface area contributed by atoms with Crippen LogP contribution in [0.25, 0.3) is 0 Å². The fourth-order valence-electron chi connectivity index (χ4n) is 3.36. The average Bonchev–Trinajstić information content (AvgIpc) is 3.08. The van der Waals surface area contributed by atoms with Crippen LogP contribution >= 0.6 is 24.8 Å². The second kappa shape index (κ2) is 10.5. The number of rotatable bonds is 5. The number of benzene rings is 1. The van der Waals surface area contributed by atoms with E-state index in [9.17, 15) is 4.79 Å². The zero-order chi connectivity index (χ0) is 17.8. The first-order valence-electron chi connectivity index (χ1n) is 8.89. The molecule has 0 aliphatic carbocycles. The lowest BCUT2D eigenvalue weighted by Gasteiger charge is -2.34. The molecule has 150 valence electrons. The monoisotopic (exact) mass is 413 g/mol. The number of nitrogens with two attached hydrogens (primary N) is 1. The number of nitrogens with one attached hydrogen (secondary N) is 1. The topological polar surface area (TPSA) is 76.2 Å². The summed E-state index contributed by atoms with van der Waals surface area (Å²) in [5.41, 5.74) is 8.38. The minimum absolute atomic E-state index is 0. The van der Waals surface area contributed by atoms with E-state index in [0.29, 0.717) is 0 Å². The lowest BCUT2D eigenvalue weighted by Crippen LogP contribution is -2.50. The second-order valence-electron chi connectivity index (χ2n) is 6.89. The maximum absolute atomic E-state index is 12.6. The summed E-state index contributed by atoms with van der Waals surface area (Å²) in [7, 11) is 1.92. The molecule has 1 aliphatic heterocycles. The van der Waals surface area contributed by atoms with Gasteiger partial charge in [0.25, 0.3) is 0 Å². The van der Waals surface area contributed by atoms with Gasteiger partial charge in [-0.1, -0.05) is 37.3 Å². The summed E-state index contributed by atoms with van der Waals surface area (Å²) in [5, 5.41) is 7.42. The maximum atomic E-state index is 12.6. The molecular weight excluding hydrogens is 385 g/mol. The Bertz CT molecular complexity index is 709. The zero-order valence-electron chi connectivity index (χ0n) is 15.7. The molecule has 27 heavy (non-hydrogen) atoms. The second-order valence-corrected chi connectivity index (χ2v) is 6.89. The van der Waals surface area contributed by atoms with E-state index in [4.69, 9.17) is 5.73 Å². The van der Waals surface area contributed by atoms with Crippen molar-refractivity contribution in [3.05, 3.63) is 48.3 Å². The zero-order valence-corrected chi connectivity index (χ0v) is 17.4. The van der Waals surface area contributed by atoms with Gasteiger partial charge in [0.05, 0.1) is 17.8 Å². The first-order chi connectivity index (χ1) is 12.0. The summed E-state index contributed by atoms with van der Waals surface area (Å²) < 4.78 is 1.80. The summed E-state index contributed by atoms with van der Waals surface area (Å²) in [6, 6.07) is 9.65. The van der Waals surface area contributed by atoms with Crippen LogP contribution in [0.1, 0.15) is 31.4 Å². The van der Waals surface area contributed by atoms with Crippen molar-refractivity contribution in [2.24, 2.45) is 18.7 Å². The number of nitrogens with zero attached hydrogens (tertiary/aromatic N) is 3. The summed E-state index contributed by atoms with van der Waals surface area (Å²) in [4.78, 5) is 14.9. The van der Waals surface area contributed by atoms with Crippen molar-refractivity contribution < 1.29 is 4.79 Å². The standard InChI is InChI=1S/C19H27N5O.2ClH/c1-14(18(20)15-7-4-3-5-8-15)19(25)22-16-9-6-10-24(12-16)17-11-21-23(2)13-17;;/h3-5,7-8,11,13-14,16,18H,6,9-10,12,20H2,1-2H3,(H,22,25);2*1H. The van der Waals surface area contributed by atoms with Crippen molar-refractivity contribution in [1.29, 1.82) is 0 Å². The molecule has 3 atom stereocenters. The fourth-order valence-corrected chi connectivity index (χ4v) is 3.36. The highest BCUT2D eigenvalue weighted by atomic mass is 35.5. The van der Waals surface area contributed by atoms with Crippen LogP contribution in [0.15, 0.2) is 42.7 Å². The van der Waals surface area contributed by atoms with Crippen LogP contribution in [-0.2, 0) is 11.8 Å². The van der Waals surface area contributed by atoms with Crippen LogP contribution < -0.4 is 16.0 Å². The van der Waals surface area contributed by atoms with Crippen LogP contribution in [0.2, 0.25) is 0 Å². The van der Waals surface area contributed by atoms with E-state index in [1.54, 1.807) is 4.68 Å². The van der Waals surface area contributed by atoms with Crippen LogP contribution in [0.4, 0.5) is 5.69 Å². The average molecular weight is 414 g/mol. The molecule has 3 unspecified atom stereocenters. The molecule has 6 nitrogen and oxygen atoms in total. The van der Waals surface area contributed by atoms with E-state index in [2.05, 4.69) is 15.3 Å². The van der Waals surface area contributed by atoms with Crippen molar-refractivity contribution in [1.82, 2.24) is 15.1 Å². The van der Waals surface area contributed by atoms with Crippen LogP contribution in [0, 0.1) is 5.92 Å². The third-order valence-corrected chi connectivity index (χ3v) is 4.96. The number of amides is 1. The number of carbonyl (C=O) groups excluding carboxylic acids is 1. The Balaban J connectivity index is 0.00000182. The van der Waals surface area contributed by atoms with Crippen molar-refractivity contribution in [3.8, 4) is 0 Å². The van der Waals surface area contributed by atoms with Crippen LogP contribution in [-0.4, -0.2) is 34.8 Å². The molecule has 0 spiro atoms. The molecule has 0 bridgehead atoms. The van der Waals surface area contributed by atoms with Crippen molar-refractivity contribution in [3.63, 3.8) is 0 Å². The summed E-state index contributed by atoms with van der Waals surface area (Å²) >= 11 is 0. The molecule has 1 saturated heterocycles. The fraction of sp³-hybridized carbons (Fsp3) is 0.474. The molecule has 1 aliphatic rings. The Morgan fingerprint density at radius 2 is 2.00 bits per heavy atom. The van der Waals surface area contributed by atoms with E-state index in [-0.39, 0.29) is 48.7 Å². The quantitative estimate of drug-likeness (QED) is 0.789. The van der Waals surface area contributed by atoms with Gasteiger partial charge >= 0.3 is 0 Å². The molecule has 0 saturated carbocycles. The summed E-state index contributed by atoms with van der Waals surface area (Å²) in [5.74, 6) is -0.245. The molecule has 1 aromatic carbocycles. The Kier molecular flexibility index (Phi) is 9.09. The number of piperidine rings is 1. The Morgan fingerprint density at radius 1 is 1.30 bits per heavy atom. The molecule has 1 amide bonds. The third-order valence-electron chi connectivity index (χ3n) is 4.96. The van der Waals surface area contributed by atoms with Gasteiger partial charge in [0.15, 0.2) is 0 Å². The van der Waals surface area contributed by atoms with Crippen molar-refractivity contribution in [2.75, 3.05) is 18.0 Å². The Hall–Kier alpha value is -1.76. The number of carbonyl (C=O) groups is 1. The molecule has 2 heterocycles. The molecule has 0 radical (unpaired) electrons. The van der Waals surface area contributed by atoms with Crippen molar-refractivity contribution in [2.45, 2.75) is 31.8 Å². The minimum atomic E-state index is -0.292. The Morgan fingerprint density at radius 3 is 2.63 bits per heavy atom. The first-order valence-corrected chi connectivity index (χ1v) is 8.89. The Labute approximate surface area is 173 Å². The van der Waals surface area contributed by atoms with Gasteiger partial charge in [0.2, 0.25) is 5.91 Å². The number of hydrogen-bond acceptors (Lipinski definition) is 4. The van der Waals surface area contributed by atoms with Crippen molar-refractivity contribution >= 4 is 36.4 Å². The summed E-state index contributed by atoms with van der Waals surface area (Å²) in [6.07, 6.45) is 5.94. The van der Waals surface area contributed by atoms with Gasteiger partial charge in [-0.15, -0.1) is 24.8 Å². The van der Waals surface area contributed by atoms with Gasteiger partial charge in [0, 0.05) is 38.4 Å². The molecule has 3 rings (SSSR count). The molecule has 1 aromatic heterocycles. The number of anilines is 1. The highest BCUT2D eigenvalue weighted by Gasteiger charge is 2.27. The smallest absolute Gasteiger partial charge is 0.225 e. The molecular formula is C19H29Cl2N5O. The van der Waals surface area contributed by atoms with Gasteiger partial charge in [-0.3, -0.25) is 9.48 Å². The van der Waals surface area contributed by atoms with E-state index in [1.165, 1.54) is 0 Å².